The summed E-state index contributed by atoms with van der Waals surface area (Å²) in [6, 6.07) is 8.29. The van der Waals surface area contributed by atoms with Crippen molar-refractivity contribution in [2.75, 3.05) is 5.32 Å². The predicted molar refractivity (Wildman–Crippen MR) is 82.2 cm³/mol. The Hall–Kier alpha value is -1.68. The van der Waals surface area contributed by atoms with Crippen LogP contribution in [0.5, 0.6) is 0 Å². The summed E-state index contributed by atoms with van der Waals surface area (Å²) in [5.41, 5.74) is 3.58. The smallest absolute Gasteiger partial charge is 0.226 e. The van der Waals surface area contributed by atoms with Crippen LogP contribution in [0.15, 0.2) is 29.6 Å². The van der Waals surface area contributed by atoms with Gasteiger partial charge in [0.15, 0.2) is 5.13 Å². The van der Waals surface area contributed by atoms with Gasteiger partial charge < -0.3 is 5.32 Å². The van der Waals surface area contributed by atoms with Gasteiger partial charge in [0, 0.05) is 17.7 Å². The highest BCUT2D eigenvalue weighted by Crippen LogP contribution is 2.40. The van der Waals surface area contributed by atoms with Gasteiger partial charge in [-0.3, -0.25) is 4.79 Å². The van der Waals surface area contributed by atoms with Gasteiger partial charge in [-0.2, -0.15) is 0 Å². The fourth-order valence-electron chi connectivity index (χ4n) is 2.22. The number of benzene rings is 1. The Bertz CT molecular complexity index is 616. The van der Waals surface area contributed by atoms with Gasteiger partial charge in [0.25, 0.3) is 0 Å². The van der Waals surface area contributed by atoms with Crippen molar-refractivity contribution in [1.29, 1.82) is 0 Å². The van der Waals surface area contributed by atoms with E-state index in [4.69, 9.17) is 0 Å². The number of nitrogens with one attached hydrogen (secondary N) is 1. The molecule has 2 aromatic rings. The lowest BCUT2D eigenvalue weighted by atomic mass is 10.1. The molecule has 1 aromatic heterocycles. The van der Waals surface area contributed by atoms with Gasteiger partial charge in [-0.1, -0.05) is 29.8 Å². The second-order valence-electron chi connectivity index (χ2n) is 5.39. The molecule has 3 nitrogen and oxygen atoms in total. The molecular formula is C16H18N2OS. The van der Waals surface area contributed by atoms with E-state index in [1.165, 1.54) is 35.3 Å². The zero-order valence-corrected chi connectivity index (χ0v) is 12.4. The maximum Gasteiger partial charge on any atom is 0.226 e. The van der Waals surface area contributed by atoms with Crippen molar-refractivity contribution in [1.82, 2.24) is 4.98 Å². The zero-order valence-electron chi connectivity index (χ0n) is 11.6. The van der Waals surface area contributed by atoms with Gasteiger partial charge in [-0.25, -0.2) is 4.98 Å². The van der Waals surface area contributed by atoms with Crippen molar-refractivity contribution in [3.63, 3.8) is 0 Å². The van der Waals surface area contributed by atoms with Crippen LogP contribution in [0.3, 0.4) is 0 Å². The molecule has 0 radical (unpaired) electrons. The van der Waals surface area contributed by atoms with E-state index in [1.54, 1.807) is 0 Å². The van der Waals surface area contributed by atoms with Crippen molar-refractivity contribution in [2.45, 2.75) is 38.5 Å². The maximum absolute atomic E-state index is 11.9. The molecule has 0 unspecified atom stereocenters. The molecule has 1 N–H and O–H groups in total. The summed E-state index contributed by atoms with van der Waals surface area (Å²) in [5.74, 6) is 0.687. The number of hydrogen-bond acceptors (Lipinski definition) is 3. The molecule has 0 saturated heterocycles. The number of aromatic nitrogens is 1. The van der Waals surface area contributed by atoms with E-state index in [9.17, 15) is 4.79 Å². The van der Waals surface area contributed by atoms with Crippen LogP contribution in [-0.2, 0) is 11.2 Å². The van der Waals surface area contributed by atoms with Crippen LogP contribution in [0.2, 0.25) is 0 Å². The van der Waals surface area contributed by atoms with Crippen molar-refractivity contribution in [3.05, 3.63) is 46.5 Å². The van der Waals surface area contributed by atoms with E-state index in [0.29, 0.717) is 12.3 Å². The predicted octanol–water partition coefficient (Wildman–Crippen LogP) is 3.90. The maximum atomic E-state index is 11.9. The van der Waals surface area contributed by atoms with Crippen LogP contribution >= 0.6 is 11.3 Å². The summed E-state index contributed by atoms with van der Waals surface area (Å²) in [6.07, 6.45) is 3.76. The second kappa shape index (κ2) is 5.75. The number of anilines is 1. The van der Waals surface area contributed by atoms with Gasteiger partial charge >= 0.3 is 0 Å². The fraction of sp³-hybridized carbons (Fsp3) is 0.375. The minimum Gasteiger partial charge on any atom is -0.302 e. The second-order valence-corrected chi connectivity index (χ2v) is 6.25. The lowest BCUT2D eigenvalue weighted by Crippen LogP contribution is -2.12. The van der Waals surface area contributed by atoms with Crippen LogP contribution in [0.1, 0.15) is 42.0 Å². The molecule has 3 rings (SSSR count). The van der Waals surface area contributed by atoms with E-state index >= 15 is 0 Å². The van der Waals surface area contributed by atoms with Gasteiger partial charge in [0.05, 0.1) is 5.69 Å². The minimum absolute atomic E-state index is 0.0446. The lowest BCUT2D eigenvalue weighted by Gasteiger charge is -2.03. The van der Waals surface area contributed by atoms with E-state index in [2.05, 4.69) is 40.8 Å². The number of carbonyl (C=O) groups is 1. The third kappa shape index (κ3) is 3.45. The van der Waals surface area contributed by atoms with Crippen LogP contribution < -0.4 is 5.32 Å². The SMILES string of the molecule is Cc1cccc(CCC(=O)Nc2nc(C3CC3)cs2)c1. The zero-order chi connectivity index (χ0) is 13.9. The summed E-state index contributed by atoms with van der Waals surface area (Å²) < 4.78 is 0. The summed E-state index contributed by atoms with van der Waals surface area (Å²) in [6.45, 7) is 2.07. The first kappa shape index (κ1) is 13.3. The highest BCUT2D eigenvalue weighted by atomic mass is 32.1. The molecule has 1 aromatic carbocycles. The quantitative estimate of drug-likeness (QED) is 0.905. The van der Waals surface area contributed by atoms with Crippen molar-refractivity contribution in [3.8, 4) is 0 Å². The van der Waals surface area contributed by atoms with Crippen molar-refractivity contribution in [2.24, 2.45) is 0 Å². The standard InChI is InChI=1S/C16H18N2OS/c1-11-3-2-4-12(9-11)5-8-15(19)18-16-17-14(10-20-16)13-6-7-13/h2-4,9-10,13H,5-8H2,1H3,(H,17,18,19). The number of nitrogens with zero attached hydrogens (tertiary/aromatic N) is 1. The number of carbonyl (C=O) groups excluding carboxylic acids is 1. The largest absolute Gasteiger partial charge is 0.302 e. The minimum atomic E-state index is 0.0446. The Labute approximate surface area is 123 Å². The average Bonchev–Trinajstić information content (AvgIpc) is 3.18. The first-order valence-electron chi connectivity index (χ1n) is 7.01. The van der Waals surface area contributed by atoms with Crippen LogP contribution in [-0.4, -0.2) is 10.9 Å². The van der Waals surface area contributed by atoms with Gasteiger partial charge in [-0.15, -0.1) is 11.3 Å². The monoisotopic (exact) mass is 286 g/mol. The molecule has 4 heteroatoms. The molecule has 1 fully saturated rings. The third-order valence-electron chi connectivity index (χ3n) is 3.49. The van der Waals surface area contributed by atoms with Gasteiger partial charge in [0.1, 0.15) is 0 Å². The summed E-state index contributed by atoms with van der Waals surface area (Å²) in [5, 5.41) is 5.70. The number of amides is 1. The van der Waals surface area contributed by atoms with E-state index in [1.807, 2.05) is 6.07 Å². The number of hydrogen-bond donors (Lipinski definition) is 1. The Kier molecular flexibility index (Phi) is 3.83. The first-order chi connectivity index (χ1) is 9.70. The summed E-state index contributed by atoms with van der Waals surface area (Å²) in [4.78, 5) is 16.4. The molecule has 1 amide bonds. The Balaban J connectivity index is 1.51. The van der Waals surface area contributed by atoms with E-state index < -0.39 is 0 Å². The molecule has 1 aliphatic rings. The average molecular weight is 286 g/mol. The summed E-state index contributed by atoms with van der Waals surface area (Å²) >= 11 is 1.53. The normalized spacial score (nSPS) is 14.2. The highest BCUT2D eigenvalue weighted by molar-refractivity contribution is 7.13. The van der Waals surface area contributed by atoms with Gasteiger partial charge in [-0.05, 0) is 31.7 Å². The molecule has 0 bridgehead atoms. The molecule has 104 valence electrons. The molecule has 20 heavy (non-hydrogen) atoms. The van der Waals surface area contributed by atoms with E-state index in [-0.39, 0.29) is 5.91 Å². The topological polar surface area (TPSA) is 42.0 Å². The molecular weight excluding hydrogens is 268 g/mol. The van der Waals surface area contributed by atoms with Crippen molar-refractivity contribution >= 4 is 22.4 Å². The van der Waals surface area contributed by atoms with Crippen LogP contribution in [0.25, 0.3) is 0 Å². The number of thiazole rings is 1. The third-order valence-corrected chi connectivity index (χ3v) is 4.26. The van der Waals surface area contributed by atoms with Crippen LogP contribution in [0.4, 0.5) is 5.13 Å². The highest BCUT2D eigenvalue weighted by Gasteiger charge is 2.26. The van der Waals surface area contributed by atoms with E-state index in [0.717, 1.165) is 17.2 Å². The molecule has 1 heterocycles. The molecule has 1 saturated carbocycles. The first-order valence-corrected chi connectivity index (χ1v) is 7.89. The lowest BCUT2D eigenvalue weighted by molar-refractivity contribution is -0.116. The Morgan fingerprint density at radius 2 is 2.30 bits per heavy atom. The van der Waals surface area contributed by atoms with Crippen LogP contribution in [0, 0.1) is 6.92 Å². The van der Waals surface area contributed by atoms with Gasteiger partial charge in [0.2, 0.25) is 5.91 Å². The molecule has 1 aliphatic carbocycles. The van der Waals surface area contributed by atoms with Crippen molar-refractivity contribution < 1.29 is 4.79 Å². The fourth-order valence-corrected chi connectivity index (χ4v) is 3.03. The number of aryl methyl sites for hydroxylation is 2. The molecule has 0 atom stereocenters. The Morgan fingerprint density at radius 3 is 3.05 bits per heavy atom. The summed E-state index contributed by atoms with van der Waals surface area (Å²) in [7, 11) is 0. The Morgan fingerprint density at radius 1 is 1.45 bits per heavy atom. The molecule has 0 spiro atoms. The molecule has 0 aliphatic heterocycles. The number of rotatable bonds is 5.